The van der Waals surface area contributed by atoms with Crippen LogP contribution in [0.1, 0.15) is 47.1 Å². The fraction of sp³-hybridized carbons (Fsp3) is 0.318. The van der Waals surface area contributed by atoms with Gasteiger partial charge in [-0.3, -0.25) is 4.79 Å². The molecule has 1 aliphatic rings. The molecule has 0 heterocycles. The van der Waals surface area contributed by atoms with Gasteiger partial charge in [-0.1, -0.05) is 65.2 Å². The Balaban J connectivity index is 1.80. The maximum Gasteiger partial charge on any atom is 0.399 e. The first-order valence-corrected chi connectivity index (χ1v) is 10.8. The minimum atomic E-state index is -4.62. The second kappa shape index (κ2) is 9.76. The van der Waals surface area contributed by atoms with E-state index >= 15 is 0 Å². The molecule has 0 radical (unpaired) electrons. The summed E-state index contributed by atoms with van der Waals surface area (Å²) in [4.78, 5) is 11.6. The molecular weight excluding hydrogens is 515 g/mol. The molecular formula is C22H16Cl3F6NO. The summed E-state index contributed by atoms with van der Waals surface area (Å²) in [6, 6.07) is 6.42. The van der Waals surface area contributed by atoms with Crippen molar-refractivity contribution in [2.75, 3.05) is 0 Å². The SMILES string of the molecule is O=C(CC(F)(F)F)NC1CCc2cc(C=CC(c3cc(Cl)c(Cl)c(Cl)c3)C(F)(F)F)ccc21. The van der Waals surface area contributed by atoms with E-state index in [-0.39, 0.29) is 20.6 Å². The first-order valence-electron chi connectivity index (χ1n) is 9.63. The van der Waals surface area contributed by atoms with Crippen LogP contribution in [0.2, 0.25) is 15.1 Å². The largest absolute Gasteiger partial charge is 0.399 e. The maximum absolute atomic E-state index is 13.7. The number of carbonyl (C=O) groups is 1. The zero-order valence-electron chi connectivity index (χ0n) is 16.6. The fourth-order valence-corrected chi connectivity index (χ4v) is 4.30. The summed E-state index contributed by atoms with van der Waals surface area (Å²) in [5.74, 6) is -3.12. The molecule has 0 fully saturated rings. The van der Waals surface area contributed by atoms with E-state index < -0.39 is 36.6 Å². The van der Waals surface area contributed by atoms with E-state index in [1.165, 1.54) is 6.08 Å². The van der Waals surface area contributed by atoms with Crippen LogP contribution in [0.4, 0.5) is 26.3 Å². The van der Waals surface area contributed by atoms with Crippen LogP contribution in [0.5, 0.6) is 0 Å². The number of fused-ring (bicyclic) bond motifs is 1. The van der Waals surface area contributed by atoms with Gasteiger partial charge in [0.1, 0.15) is 6.42 Å². The molecule has 178 valence electrons. The van der Waals surface area contributed by atoms with Crippen LogP contribution < -0.4 is 5.32 Å². The number of rotatable bonds is 5. The average molecular weight is 531 g/mol. The number of hydrogen-bond donors (Lipinski definition) is 1. The minimum Gasteiger partial charge on any atom is -0.349 e. The summed E-state index contributed by atoms with van der Waals surface area (Å²) < 4.78 is 78.2. The second-order valence-corrected chi connectivity index (χ2v) is 8.78. The molecule has 1 amide bonds. The Morgan fingerprint density at radius 2 is 1.70 bits per heavy atom. The molecule has 3 rings (SSSR count). The van der Waals surface area contributed by atoms with Gasteiger partial charge in [0.25, 0.3) is 0 Å². The van der Waals surface area contributed by atoms with E-state index in [4.69, 9.17) is 34.8 Å². The predicted molar refractivity (Wildman–Crippen MR) is 116 cm³/mol. The maximum atomic E-state index is 13.7. The third-order valence-corrected chi connectivity index (χ3v) is 6.34. The number of nitrogens with one attached hydrogen (secondary N) is 1. The van der Waals surface area contributed by atoms with Gasteiger partial charge in [-0.05, 0) is 47.2 Å². The van der Waals surface area contributed by atoms with Crippen molar-refractivity contribution in [3.8, 4) is 0 Å². The summed E-state index contributed by atoms with van der Waals surface area (Å²) in [7, 11) is 0. The van der Waals surface area contributed by atoms with Crippen molar-refractivity contribution in [3.05, 3.63) is 73.7 Å². The van der Waals surface area contributed by atoms with Crippen molar-refractivity contribution in [3.63, 3.8) is 0 Å². The van der Waals surface area contributed by atoms with Gasteiger partial charge in [0.05, 0.1) is 27.0 Å². The number of allylic oxidation sites excluding steroid dienone is 1. The van der Waals surface area contributed by atoms with Crippen LogP contribution in [-0.4, -0.2) is 18.3 Å². The van der Waals surface area contributed by atoms with Gasteiger partial charge < -0.3 is 5.32 Å². The number of alkyl halides is 6. The molecule has 33 heavy (non-hydrogen) atoms. The third kappa shape index (κ3) is 6.58. The molecule has 2 atom stereocenters. The van der Waals surface area contributed by atoms with Gasteiger partial charge in [-0.2, -0.15) is 26.3 Å². The van der Waals surface area contributed by atoms with E-state index in [0.29, 0.717) is 24.0 Å². The first kappa shape index (κ1) is 25.7. The Kier molecular flexibility index (Phi) is 7.61. The highest BCUT2D eigenvalue weighted by atomic mass is 35.5. The lowest BCUT2D eigenvalue weighted by atomic mass is 9.96. The smallest absolute Gasteiger partial charge is 0.349 e. The van der Waals surface area contributed by atoms with Gasteiger partial charge in [0, 0.05) is 0 Å². The van der Waals surface area contributed by atoms with Gasteiger partial charge in [0.2, 0.25) is 5.91 Å². The van der Waals surface area contributed by atoms with Crippen molar-refractivity contribution in [2.45, 2.75) is 43.6 Å². The van der Waals surface area contributed by atoms with Crippen LogP contribution in [0, 0.1) is 0 Å². The number of amides is 1. The van der Waals surface area contributed by atoms with E-state index in [2.05, 4.69) is 5.32 Å². The van der Waals surface area contributed by atoms with Gasteiger partial charge in [-0.15, -0.1) is 0 Å². The quantitative estimate of drug-likeness (QED) is 0.307. The number of hydrogen-bond acceptors (Lipinski definition) is 1. The minimum absolute atomic E-state index is 0.0394. The monoisotopic (exact) mass is 529 g/mol. The number of carbonyl (C=O) groups excluding carboxylic acids is 1. The standard InChI is InChI=1S/C22H16Cl3F6NO/c23-16-8-13(9-17(24)20(16)25)15(22(29,30)31)5-2-11-1-4-14-12(7-11)3-6-18(14)32-19(33)10-21(26,27)28/h1-2,4-5,7-9,15,18H,3,6,10H2,(H,32,33). The van der Waals surface area contributed by atoms with Crippen molar-refractivity contribution in [1.82, 2.24) is 5.32 Å². The zero-order valence-corrected chi connectivity index (χ0v) is 18.9. The van der Waals surface area contributed by atoms with Crippen LogP contribution in [0.3, 0.4) is 0 Å². The topological polar surface area (TPSA) is 29.1 Å². The molecule has 2 aromatic carbocycles. The molecule has 2 nitrogen and oxygen atoms in total. The summed E-state index contributed by atoms with van der Waals surface area (Å²) >= 11 is 17.6. The number of halogens is 9. The molecule has 1 N–H and O–H groups in total. The molecule has 2 aromatic rings. The molecule has 11 heteroatoms. The summed E-state index contributed by atoms with van der Waals surface area (Å²) in [6.45, 7) is 0. The van der Waals surface area contributed by atoms with Crippen molar-refractivity contribution >= 4 is 46.8 Å². The van der Waals surface area contributed by atoms with E-state index in [0.717, 1.165) is 23.8 Å². The van der Waals surface area contributed by atoms with Gasteiger partial charge in [-0.25, -0.2) is 0 Å². The van der Waals surface area contributed by atoms with Crippen LogP contribution >= 0.6 is 34.8 Å². The van der Waals surface area contributed by atoms with Crippen LogP contribution in [0.25, 0.3) is 6.08 Å². The molecule has 0 bridgehead atoms. The summed E-state index contributed by atoms with van der Waals surface area (Å²) in [6.07, 6.45) is -7.66. The lowest BCUT2D eigenvalue weighted by Crippen LogP contribution is -2.31. The fourth-order valence-electron chi connectivity index (χ4n) is 3.69. The zero-order chi connectivity index (χ0) is 24.6. The molecule has 1 aliphatic carbocycles. The Morgan fingerprint density at radius 3 is 2.27 bits per heavy atom. The predicted octanol–water partition coefficient (Wildman–Crippen LogP) is 8.06. The lowest BCUT2D eigenvalue weighted by molar-refractivity contribution is -0.154. The molecule has 2 unspecified atom stereocenters. The van der Waals surface area contributed by atoms with E-state index in [1.54, 1.807) is 18.2 Å². The highest BCUT2D eigenvalue weighted by Gasteiger charge is 2.39. The normalized spacial score (nSPS) is 17.3. The molecule has 0 aromatic heterocycles. The molecule has 0 saturated heterocycles. The number of benzene rings is 2. The van der Waals surface area contributed by atoms with Crippen molar-refractivity contribution in [2.24, 2.45) is 0 Å². The Labute approximate surface area is 200 Å². The summed E-state index contributed by atoms with van der Waals surface area (Å²) in [5.41, 5.74) is 1.69. The van der Waals surface area contributed by atoms with Crippen molar-refractivity contribution < 1.29 is 31.1 Å². The highest BCUT2D eigenvalue weighted by molar-refractivity contribution is 6.48. The molecule has 0 saturated carbocycles. The Bertz CT molecular complexity index is 1060. The summed E-state index contributed by atoms with van der Waals surface area (Å²) in [5, 5.41) is 2.12. The molecule has 0 spiro atoms. The number of aryl methyl sites for hydroxylation is 1. The van der Waals surface area contributed by atoms with Crippen molar-refractivity contribution in [1.29, 1.82) is 0 Å². The third-order valence-electron chi connectivity index (χ3n) is 5.14. The second-order valence-electron chi connectivity index (χ2n) is 7.59. The Morgan fingerprint density at radius 1 is 1.06 bits per heavy atom. The van der Waals surface area contributed by atoms with Crippen LogP contribution in [-0.2, 0) is 11.2 Å². The van der Waals surface area contributed by atoms with Crippen LogP contribution in [0.15, 0.2) is 36.4 Å². The van der Waals surface area contributed by atoms with Gasteiger partial charge >= 0.3 is 12.4 Å². The average Bonchev–Trinajstić information content (AvgIpc) is 3.05. The van der Waals surface area contributed by atoms with E-state index in [1.807, 2.05) is 0 Å². The van der Waals surface area contributed by atoms with E-state index in [9.17, 15) is 31.1 Å². The molecule has 0 aliphatic heterocycles. The van der Waals surface area contributed by atoms with Gasteiger partial charge in [0.15, 0.2) is 0 Å². The lowest BCUT2D eigenvalue weighted by Gasteiger charge is -2.18. The highest BCUT2D eigenvalue weighted by Crippen LogP contribution is 2.41. The Hall–Kier alpha value is -1.90. The first-order chi connectivity index (χ1) is 15.2.